The molecule has 7 nitrogen and oxygen atoms in total. The zero-order chi connectivity index (χ0) is 18.5. The molecule has 26 heavy (non-hydrogen) atoms. The van der Waals surface area contributed by atoms with Gasteiger partial charge in [0.2, 0.25) is 4.77 Å². The van der Waals surface area contributed by atoms with Crippen LogP contribution in [0.25, 0.3) is 5.69 Å². The largest absolute Gasteiger partial charge is 0.497 e. The van der Waals surface area contributed by atoms with E-state index in [4.69, 9.17) is 21.7 Å². The molecule has 140 valence electrons. The Labute approximate surface area is 158 Å². The van der Waals surface area contributed by atoms with Gasteiger partial charge in [-0.2, -0.15) is 9.78 Å². The molecule has 1 aliphatic rings. The van der Waals surface area contributed by atoms with E-state index in [1.807, 2.05) is 40.4 Å². The van der Waals surface area contributed by atoms with E-state index in [9.17, 15) is 4.79 Å². The fourth-order valence-electron chi connectivity index (χ4n) is 3.27. The van der Waals surface area contributed by atoms with Crippen LogP contribution in [0.3, 0.4) is 0 Å². The summed E-state index contributed by atoms with van der Waals surface area (Å²) in [5.41, 5.74) is 0.927. The number of rotatable bonds is 6. The molecule has 0 saturated carbocycles. The summed E-state index contributed by atoms with van der Waals surface area (Å²) >= 11 is 5.59. The number of hydrogen-bond donors (Lipinski definition) is 1. The van der Waals surface area contributed by atoms with E-state index >= 15 is 0 Å². The summed E-state index contributed by atoms with van der Waals surface area (Å²) in [6.07, 6.45) is 3.43. The lowest BCUT2D eigenvalue weighted by Crippen LogP contribution is -3.12. The van der Waals surface area contributed by atoms with Gasteiger partial charge in [-0.05, 0) is 31.3 Å². The zero-order valence-electron chi connectivity index (χ0n) is 15.2. The fraction of sp³-hybridized carbons (Fsp3) is 0.500. The van der Waals surface area contributed by atoms with Gasteiger partial charge in [-0.15, -0.1) is 0 Å². The summed E-state index contributed by atoms with van der Waals surface area (Å²) in [5, 5.41) is 4.45. The fourth-order valence-corrected chi connectivity index (χ4v) is 3.54. The predicted molar refractivity (Wildman–Crippen MR) is 99.0 cm³/mol. The molecule has 0 spiro atoms. The Balaban J connectivity index is 1.64. The second kappa shape index (κ2) is 8.46. The van der Waals surface area contributed by atoms with Gasteiger partial charge in [0.1, 0.15) is 12.1 Å². The van der Waals surface area contributed by atoms with Crippen molar-refractivity contribution in [3.8, 4) is 11.4 Å². The summed E-state index contributed by atoms with van der Waals surface area (Å²) in [6.45, 7) is 4.82. The number of piperidine rings is 1. The van der Waals surface area contributed by atoms with E-state index in [-0.39, 0.29) is 11.9 Å². The van der Waals surface area contributed by atoms with Gasteiger partial charge in [0, 0.05) is 18.9 Å². The maximum atomic E-state index is 11.9. The van der Waals surface area contributed by atoms with Crippen LogP contribution in [0, 0.1) is 10.7 Å². The molecule has 1 aliphatic heterocycles. The first-order valence-corrected chi connectivity index (χ1v) is 9.32. The average molecular weight is 377 g/mol. The number of nitrogens with one attached hydrogen (secondary N) is 1. The van der Waals surface area contributed by atoms with Crippen LogP contribution in [0.1, 0.15) is 19.8 Å². The average Bonchev–Trinajstić information content (AvgIpc) is 3.03. The van der Waals surface area contributed by atoms with Gasteiger partial charge < -0.3 is 14.4 Å². The maximum Gasteiger partial charge on any atom is 0.309 e. The van der Waals surface area contributed by atoms with Gasteiger partial charge in [0.25, 0.3) is 0 Å². The van der Waals surface area contributed by atoms with Crippen molar-refractivity contribution in [2.75, 3.05) is 26.8 Å². The molecule has 1 aromatic heterocycles. The molecule has 0 aliphatic carbocycles. The number of hydrogen-bond acceptors (Lipinski definition) is 5. The lowest BCUT2D eigenvalue weighted by atomic mass is 9.97. The lowest BCUT2D eigenvalue weighted by Gasteiger charge is -2.27. The Morgan fingerprint density at radius 1 is 1.38 bits per heavy atom. The molecular weight excluding hydrogens is 352 g/mol. The molecule has 0 amide bonds. The standard InChI is InChI=1S/C18H24N4O3S/c1-3-25-17(23)14-7-9-20(10-8-14)13-22-18(26)21(12-19-22)15-5-4-6-16(11-15)24-2/h4-6,11-12,14H,3,7-10,13H2,1-2H3/p+1. The Morgan fingerprint density at radius 2 is 2.15 bits per heavy atom. The molecule has 1 fully saturated rings. The normalized spacial score (nSPS) is 19.9. The van der Waals surface area contributed by atoms with Crippen LogP contribution in [0.5, 0.6) is 5.75 Å². The van der Waals surface area contributed by atoms with E-state index in [0.29, 0.717) is 18.0 Å². The molecule has 8 heteroatoms. The molecule has 1 N–H and O–H groups in total. The quantitative estimate of drug-likeness (QED) is 0.606. The Bertz CT molecular complexity index is 809. The van der Waals surface area contributed by atoms with Crippen LogP contribution in [0.2, 0.25) is 0 Å². The summed E-state index contributed by atoms with van der Waals surface area (Å²) in [5.74, 6) is 0.746. The third-order valence-corrected chi connectivity index (χ3v) is 5.16. The first kappa shape index (κ1) is 18.6. The first-order chi connectivity index (χ1) is 12.6. The molecule has 2 aromatic rings. The summed E-state index contributed by atoms with van der Waals surface area (Å²) < 4.78 is 14.8. The Hall–Kier alpha value is -2.19. The highest BCUT2D eigenvalue weighted by molar-refractivity contribution is 7.71. The third-order valence-electron chi connectivity index (χ3n) is 4.75. The van der Waals surface area contributed by atoms with Crippen molar-refractivity contribution in [1.29, 1.82) is 0 Å². The highest BCUT2D eigenvalue weighted by Gasteiger charge is 2.28. The monoisotopic (exact) mass is 377 g/mol. The number of carbonyl (C=O) groups is 1. The van der Waals surface area contributed by atoms with Crippen molar-refractivity contribution in [2.24, 2.45) is 5.92 Å². The predicted octanol–water partition coefficient (Wildman–Crippen LogP) is 1.23. The number of methoxy groups -OCH3 is 1. The molecule has 0 atom stereocenters. The van der Waals surface area contributed by atoms with E-state index in [0.717, 1.165) is 37.4 Å². The molecule has 0 unspecified atom stereocenters. The van der Waals surface area contributed by atoms with Crippen LogP contribution < -0.4 is 9.64 Å². The lowest BCUT2D eigenvalue weighted by molar-refractivity contribution is -0.929. The van der Waals surface area contributed by atoms with Gasteiger partial charge in [-0.25, -0.2) is 0 Å². The summed E-state index contributed by atoms with van der Waals surface area (Å²) in [6, 6.07) is 7.73. The molecule has 2 heterocycles. The van der Waals surface area contributed by atoms with E-state index in [2.05, 4.69) is 5.10 Å². The van der Waals surface area contributed by atoms with Gasteiger partial charge in [0.15, 0.2) is 6.67 Å². The summed E-state index contributed by atoms with van der Waals surface area (Å²) in [4.78, 5) is 13.2. The number of esters is 1. The third kappa shape index (κ3) is 4.13. The number of benzene rings is 1. The smallest absolute Gasteiger partial charge is 0.309 e. The Morgan fingerprint density at radius 3 is 2.85 bits per heavy atom. The van der Waals surface area contributed by atoms with E-state index in [1.165, 1.54) is 4.90 Å². The van der Waals surface area contributed by atoms with E-state index < -0.39 is 0 Å². The van der Waals surface area contributed by atoms with Gasteiger partial charge >= 0.3 is 5.97 Å². The van der Waals surface area contributed by atoms with Crippen LogP contribution in [0.15, 0.2) is 30.6 Å². The Kier molecular flexibility index (Phi) is 6.05. The molecule has 0 bridgehead atoms. The highest BCUT2D eigenvalue weighted by atomic mass is 32.1. The minimum absolute atomic E-state index is 0.0287. The number of aromatic nitrogens is 3. The minimum atomic E-state index is -0.0644. The topological polar surface area (TPSA) is 62.7 Å². The van der Waals surface area contributed by atoms with Crippen LogP contribution in [-0.4, -0.2) is 47.1 Å². The van der Waals surface area contributed by atoms with Crippen LogP contribution in [-0.2, 0) is 16.2 Å². The van der Waals surface area contributed by atoms with Crippen molar-refractivity contribution in [1.82, 2.24) is 14.3 Å². The van der Waals surface area contributed by atoms with Crippen molar-refractivity contribution < 1.29 is 19.2 Å². The van der Waals surface area contributed by atoms with Crippen LogP contribution >= 0.6 is 12.2 Å². The number of ether oxygens (including phenoxy) is 2. The van der Waals surface area contributed by atoms with Gasteiger partial charge in [-0.1, -0.05) is 6.07 Å². The molecule has 3 rings (SSSR count). The van der Waals surface area contributed by atoms with Crippen molar-refractivity contribution in [3.05, 3.63) is 35.4 Å². The molecule has 0 radical (unpaired) electrons. The maximum absolute atomic E-state index is 11.9. The van der Waals surface area contributed by atoms with E-state index in [1.54, 1.807) is 13.4 Å². The summed E-state index contributed by atoms with van der Waals surface area (Å²) in [7, 11) is 1.64. The number of likely N-dealkylation sites (tertiary alicyclic amines) is 1. The van der Waals surface area contributed by atoms with Crippen molar-refractivity contribution >= 4 is 18.2 Å². The molecular formula is C18H25N4O3S+. The van der Waals surface area contributed by atoms with Crippen LogP contribution in [0.4, 0.5) is 0 Å². The van der Waals surface area contributed by atoms with Gasteiger partial charge in [-0.3, -0.25) is 9.36 Å². The number of carbonyl (C=O) groups excluding carboxylic acids is 1. The van der Waals surface area contributed by atoms with Gasteiger partial charge in [0.05, 0.1) is 38.4 Å². The molecule has 1 aromatic carbocycles. The van der Waals surface area contributed by atoms with Crippen molar-refractivity contribution in [2.45, 2.75) is 26.4 Å². The second-order valence-electron chi connectivity index (χ2n) is 6.42. The first-order valence-electron chi connectivity index (χ1n) is 8.91. The molecule has 1 saturated heterocycles. The number of nitrogens with zero attached hydrogens (tertiary/aromatic N) is 3. The minimum Gasteiger partial charge on any atom is -0.497 e. The van der Waals surface area contributed by atoms with Crippen molar-refractivity contribution in [3.63, 3.8) is 0 Å². The SMILES string of the molecule is CCOC(=O)C1CC[NH+](Cn2ncn(-c3cccc(OC)c3)c2=S)CC1. The highest BCUT2D eigenvalue weighted by Crippen LogP contribution is 2.16. The zero-order valence-corrected chi connectivity index (χ0v) is 16.0. The number of quaternary nitrogens is 1. The second-order valence-corrected chi connectivity index (χ2v) is 6.78.